The van der Waals surface area contributed by atoms with Gasteiger partial charge in [0.25, 0.3) is 0 Å². The molecule has 1 aliphatic heterocycles. The van der Waals surface area contributed by atoms with E-state index < -0.39 is 0 Å². The smallest absolute Gasteiger partial charge is 0.123 e. The molecule has 0 bridgehead atoms. The van der Waals surface area contributed by atoms with Crippen molar-refractivity contribution in [1.82, 2.24) is 10.3 Å². The molecule has 3 rings (SSSR count). The normalized spacial score (nSPS) is 14.7. The molecule has 0 radical (unpaired) electrons. The molecule has 88 valence electrons. The van der Waals surface area contributed by atoms with Crippen LogP contribution >= 0.6 is 22.9 Å². The van der Waals surface area contributed by atoms with Crippen LogP contribution in [0, 0.1) is 6.92 Å². The van der Waals surface area contributed by atoms with E-state index in [0.29, 0.717) is 0 Å². The van der Waals surface area contributed by atoms with E-state index >= 15 is 0 Å². The zero-order chi connectivity index (χ0) is 11.8. The van der Waals surface area contributed by atoms with Crippen molar-refractivity contribution in [3.63, 3.8) is 0 Å². The van der Waals surface area contributed by atoms with Gasteiger partial charge in [0.05, 0.1) is 5.69 Å². The van der Waals surface area contributed by atoms with Crippen LogP contribution < -0.4 is 5.32 Å². The molecule has 2 aromatic rings. The van der Waals surface area contributed by atoms with E-state index in [4.69, 9.17) is 16.6 Å². The van der Waals surface area contributed by atoms with Crippen LogP contribution in [-0.4, -0.2) is 11.5 Å². The Balaban J connectivity index is 2.03. The van der Waals surface area contributed by atoms with E-state index in [1.54, 1.807) is 11.3 Å². The summed E-state index contributed by atoms with van der Waals surface area (Å²) < 4.78 is 0. The summed E-state index contributed by atoms with van der Waals surface area (Å²) in [4.78, 5) is 6.08. The number of nitrogens with zero attached hydrogens (tertiary/aromatic N) is 1. The predicted molar refractivity (Wildman–Crippen MR) is 72.7 cm³/mol. The number of fused-ring (bicyclic) bond motifs is 1. The molecule has 2 heterocycles. The number of halogens is 1. The number of nitrogens with one attached hydrogen (secondary N) is 1. The van der Waals surface area contributed by atoms with Gasteiger partial charge in [-0.15, -0.1) is 11.3 Å². The Kier molecular flexibility index (Phi) is 2.90. The first-order chi connectivity index (χ1) is 8.24. The third kappa shape index (κ3) is 2.10. The Labute approximate surface area is 110 Å². The van der Waals surface area contributed by atoms with Crippen molar-refractivity contribution >= 4 is 22.9 Å². The summed E-state index contributed by atoms with van der Waals surface area (Å²) in [6.07, 6.45) is 1.03. The van der Waals surface area contributed by atoms with Crippen molar-refractivity contribution in [3.05, 3.63) is 39.4 Å². The Morgan fingerprint density at radius 1 is 1.41 bits per heavy atom. The molecule has 0 saturated heterocycles. The standard InChI is InChI=1S/C13H13ClN2S/c1-8-2-3-9(6-10(8)14)13-16-11-4-5-15-7-12(11)17-13/h2-3,6,15H,4-5,7H2,1H3. The number of hydrogen-bond donors (Lipinski definition) is 1. The molecule has 17 heavy (non-hydrogen) atoms. The van der Waals surface area contributed by atoms with Crippen LogP contribution in [0.4, 0.5) is 0 Å². The number of rotatable bonds is 1. The quantitative estimate of drug-likeness (QED) is 0.854. The number of thiazole rings is 1. The van der Waals surface area contributed by atoms with Crippen molar-refractivity contribution in [2.45, 2.75) is 19.9 Å². The first kappa shape index (κ1) is 11.2. The number of aromatic nitrogens is 1. The molecule has 1 N–H and O–H groups in total. The average molecular weight is 265 g/mol. The Morgan fingerprint density at radius 3 is 3.06 bits per heavy atom. The predicted octanol–water partition coefficient (Wildman–Crippen LogP) is 3.42. The van der Waals surface area contributed by atoms with Crippen LogP contribution in [0.3, 0.4) is 0 Å². The molecular formula is C13H13ClN2S. The zero-order valence-corrected chi connectivity index (χ0v) is 11.2. The number of hydrogen-bond acceptors (Lipinski definition) is 3. The molecule has 0 amide bonds. The number of benzene rings is 1. The fourth-order valence-electron chi connectivity index (χ4n) is 1.97. The fraction of sp³-hybridized carbons (Fsp3) is 0.308. The van der Waals surface area contributed by atoms with E-state index in [0.717, 1.165) is 40.7 Å². The van der Waals surface area contributed by atoms with Crippen LogP contribution in [0.1, 0.15) is 16.1 Å². The van der Waals surface area contributed by atoms with Crippen molar-refractivity contribution < 1.29 is 0 Å². The molecule has 0 spiro atoms. The molecular weight excluding hydrogens is 252 g/mol. The average Bonchev–Trinajstić information content (AvgIpc) is 2.76. The maximum Gasteiger partial charge on any atom is 0.123 e. The first-order valence-corrected chi connectivity index (χ1v) is 6.89. The minimum absolute atomic E-state index is 0.814. The third-order valence-corrected chi connectivity index (χ3v) is 4.58. The molecule has 4 heteroatoms. The molecule has 1 aliphatic rings. The fourth-order valence-corrected chi connectivity index (χ4v) is 3.23. The highest BCUT2D eigenvalue weighted by molar-refractivity contribution is 7.15. The lowest BCUT2D eigenvalue weighted by Gasteiger charge is -2.09. The van der Waals surface area contributed by atoms with Crippen molar-refractivity contribution in [2.24, 2.45) is 0 Å². The first-order valence-electron chi connectivity index (χ1n) is 5.70. The minimum Gasteiger partial charge on any atom is -0.311 e. The van der Waals surface area contributed by atoms with Crippen molar-refractivity contribution in [3.8, 4) is 10.6 Å². The summed E-state index contributed by atoms with van der Waals surface area (Å²) in [7, 11) is 0. The van der Waals surface area contributed by atoms with E-state index in [-0.39, 0.29) is 0 Å². The number of aryl methyl sites for hydroxylation is 1. The second-order valence-electron chi connectivity index (χ2n) is 4.28. The highest BCUT2D eigenvalue weighted by Crippen LogP contribution is 2.31. The molecule has 1 aromatic heterocycles. The minimum atomic E-state index is 0.814. The summed E-state index contributed by atoms with van der Waals surface area (Å²) in [5, 5.41) is 5.27. The molecule has 2 nitrogen and oxygen atoms in total. The second-order valence-corrected chi connectivity index (χ2v) is 5.77. The Hall–Kier alpha value is -0.900. The summed E-state index contributed by atoms with van der Waals surface area (Å²) in [5.41, 5.74) is 3.49. The zero-order valence-electron chi connectivity index (χ0n) is 9.59. The van der Waals surface area contributed by atoms with Crippen LogP contribution in [0.25, 0.3) is 10.6 Å². The van der Waals surface area contributed by atoms with Crippen LogP contribution in [-0.2, 0) is 13.0 Å². The maximum absolute atomic E-state index is 6.15. The van der Waals surface area contributed by atoms with Gasteiger partial charge in [-0.25, -0.2) is 4.98 Å². The Bertz CT molecular complexity index is 539. The molecule has 0 unspecified atom stereocenters. The molecule has 1 aromatic carbocycles. The van der Waals surface area contributed by atoms with E-state index in [9.17, 15) is 0 Å². The maximum atomic E-state index is 6.15. The van der Waals surface area contributed by atoms with Gasteiger partial charge in [0, 0.05) is 35.0 Å². The van der Waals surface area contributed by atoms with Gasteiger partial charge in [-0.3, -0.25) is 0 Å². The summed E-state index contributed by atoms with van der Waals surface area (Å²) in [5.74, 6) is 0. The lowest BCUT2D eigenvalue weighted by Crippen LogP contribution is -2.22. The molecule has 0 fully saturated rings. The van der Waals surface area contributed by atoms with Gasteiger partial charge >= 0.3 is 0 Å². The van der Waals surface area contributed by atoms with Gasteiger partial charge in [0.1, 0.15) is 5.01 Å². The highest BCUT2D eigenvalue weighted by Gasteiger charge is 2.15. The van der Waals surface area contributed by atoms with E-state index in [1.807, 2.05) is 13.0 Å². The van der Waals surface area contributed by atoms with Gasteiger partial charge in [-0.2, -0.15) is 0 Å². The SMILES string of the molecule is Cc1ccc(-c2nc3c(s2)CNCC3)cc1Cl. The molecule has 0 aliphatic carbocycles. The largest absolute Gasteiger partial charge is 0.311 e. The lowest BCUT2D eigenvalue weighted by molar-refractivity contribution is 0.644. The highest BCUT2D eigenvalue weighted by atomic mass is 35.5. The summed E-state index contributed by atoms with van der Waals surface area (Å²) >= 11 is 7.93. The second kappa shape index (κ2) is 4.41. The summed E-state index contributed by atoms with van der Waals surface area (Å²) in [6.45, 7) is 4.00. The molecule has 0 atom stereocenters. The van der Waals surface area contributed by atoms with E-state index in [1.165, 1.54) is 10.6 Å². The van der Waals surface area contributed by atoms with Crippen molar-refractivity contribution in [2.75, 3.05) is 6.54 Å². The van der Waals surface area contributed by atoms with Gasteiger partial charge < -0.3 is 5.32 Å². The topological polar surface area (TPSA) is 24.9 Å². The van der Waals surface area contributed by atoms with Gasteiger partial charge in [0.2, 0.25) is 0 Å². The molecule has 0 saturated carbocycles. The third-order valence-electron chi connectivity index (χ3n) is 3.02. The van der Waals surface area contributed by atoms with Gasteiger partial charge in [-0.05, 0) is 18.6 Å². The van der Waals surface area contributed by atoms with Crippen LogP contribution in [0.2, 0.25) is 5.02 Å². The van der Waals surface area contributed by atoms with E-state index in [2.05, 4.69) is 17.4 Å². The Morgan fingerprint density at radius 2 is 2.29 bits per heavy atom. The monoisotopic (exact) mass is 264 g/mol. The van der Waals surface area contributed by atoms with Gasteiger partial charge in [0.15, 0.2) is 0 Å². The van der Waals surface area contributed by atoms with Crippen LogP contribution in [0.15, 0.2) is 18.2 Å². The summed E-state index contributed by atoms with van der Waals surface area (Å²) in [6, 6.07) is 6.16. The van der Waals surface area contributed by atoms with Gasteiger partial charge in [-0.1, -0.05) is 23.7 Å². The van der Waals surface area contributed by atoms with Crippen LogP contribution in [0.5, 0.6) is 0 Å². The lowest BCUT2D eigenvalue weighted by atomic mass is 10.1. The van der Waals surface area contributed by atoms with Crippen molar-refractivity contribution in [1.29, 1.82) is 0 Å².